The molecule has 0 aliphatic heterocycles. The van der Waals surface area contributed by atoms with Crippen molar-refractivity contribution in [1.29, 1.82) is 5.26 Å². The Morgan fingerprint density at radius 3 is 2.55 bits per heavy atom. The van der Waals surface area contributed by atoms with Crippen LogP contribution in [0.15, 0.2) is 12.1 Å². The van der Waals surface area contributed by atoms with Crippen molar-refractivity contribution in [3.8, 4) is 17.6 Å². The van der Waals surface area contributed by atoms with Gasteiger partial charge in [0.05, 0.1) is 18.7 Å². The molecular weight excluding hydrogens is 276 g/mol. The second-order valence-corrected chi connectivity index (χ2v) is 5.15. The van der Waals surface area contributed by atoms with E-state index in [0.717, 1.165) is 12.8 Å². The molecule has 2 rings (SSSR count). The van der Waals surface area contributed by atoms with Crippen molar-refractivity contribution in [1.82, 2.24) is 0 Å². The lowest BCUT2D eigenvalue weighted by molar-refractivity contribution is 0.299. The van der Waals surface area contributed by atoms with Crippen LogP contribution in [-0.4, -0.2) is 12.2 Å². The van der Waals surface area contributed by atoms with E-state index in [1.807, 2.05) is 0 Å². The first-order valence-electron chi connectivity index (χ1n) is 6.74. The fraction of sp³-hybridized carbons (Fsp3) is 0.533. The van der Waals surface area contributed by atoms with Crippen LogP contribution < -0.4 is 10.5 Å². The first-order valence-corrected chi connectivity index (χ1v) is 6.74. The van der Waals surface area contributed by atoms with Gasteiger partial charge in [0.2, 0.25) is 0 Å². The van der Waals surface area contributed by atoms with Crippen molar-refractivity contribution in [2.75, 3.05) is 7.11 Å². The standard InChI is InChI=1S/C15H20N2O2.ClH/c1-19-13-8-10(9-16)7-12(15(13)18)14(17)11-5-3-2-4-6-11;/h7-8,11,14,18H,2-6,17H2,1H3;1H/t14-;/m0./s1. The highest BCUT2D eigenvalue weighted by Crippen LogP contribution is 2.40. The Morgan fingerprint density at radius 1 is 1.35 bits per heavy atom. The Hall–Kier alpha value is -1.44. The zero-order chi connectivity index (χ0) is 13.8. The average molecular weight is 297 g/mol. The van der Waals surface area contributed by atoms with E-state index in [-0.39, 0.29) is 24.2 Å². The average Bonchev–Trinajstić information content (AvgIpc) is 2.47. The Balaban J connectivity index is 0.00000200. The molecule has 1 atom stereocenters. The zero-order valence-electron chi connectivity index (χ0n) is 11.6. The molecule has 1 aliphatic rings. The van der Waals surface area contributed by atoms with Gasteiger partial charge in [0.15, 0.2) is 11.5 Å². The molecule has 3 N–H and O–H groups in total. The van der Waals surface area contributed by atoms with E-state index in [0.29, 0.717) is 22.8 Å². The van der Waals surface area contributed by atoms with Crippen LogP contribution in [0.5, 0.6) is 11.5 Å². The summed E-state index contributed by atoms with van der Waals surface area (Å²) >= 11 is 0. The second-order valence-electron chi connectivity index (χ2n) is 5.15. The van der Waals surface area contributed by atoms with Crippen molar-refractivity contribution in [2.45, 2.75) is 38.1 Å². The summed E-state index contributed by atoms with van der Waals surface area (Å²) in [7, 11) is 1.48. The third-order valence-corrected chi connectivity index (χ3v) is 3.97. The number of hydrogen-bond acceptors (Lipinski definition) is 4. The van der Waals surface area contributed by atoms with Crippen LogP contribution in [0.1, 0.15) is 49.3 Å². The van der Waals surface area contributed by atoms with Gasteiger partial charge in [-0.2, -0.15) is 5.26 Å². The monoisotopic (exact) mass is 296 g/mol. The third kappa shape index (κ3) is 3.36. The van der Waals surface area contributed by atoms with Crippen molar-refractivity contribution in [2.24, 2.45) is 11.7 Å². The molecule has 1 fully saturated rings. The number of rotatable bonds is 3. The maximum absolute atomic E-state index is 10.2. The van der Waals surface area contributed by atoms with E-state index < -0.39 is 0 Å². The summed E-state index contributed by atoms with van der Waals surface area (Å²) in [6, 6.07) is 5.06. The molecule has 4 nitrogen and oxygen atoms in total. The first-order chi connectivity index (χ1) is 9.17. The topological polar surface area (TPSA) is 79.3 Å². The first kappa shape index (κ1) is 16.6. The summed E-state index contributed by atoms with van der Waals surface area (Å²) in [4.78, 5) is 0. The molecule has 0 bridgehead atoms. The lowest BCUT2D eigenvalue weighted by Crippen LogP contribution is -2.23. The summed E-state index contributed by atoms with van der Waals surface area (Å²) in [5.74, 6) is 0.762. The van der Waals surface area contributed by atoms with Crippen molar-refractivity contribution in [3.63, 3.8) is 0 Å². The number of nitriles is 1. The quantitative estimate of drug-likeness (QED) is 0.897. The maximum atomic E-state index is 10.2. The minimum Gasteiger partial charge on any atom is -0.504 e. The van der Waals surface area contributed by atoms with Gasteiger partial charge in [-0.05, 0) is 24.8 Å². The number of phenols is 1. The largest absolute Gasteiger partial charge is 0.504 e. The molecule has 5 heteroatoms. The smallest absolute Gasteiger partial charge is 0.162 e. The van der Waals surface area contributed by atoms with Crippen LogP contribution in [0, 0.1) is 17.2 Å². The molecular formula is C15H21ClN2O2. The van der Waals surface area contributed by atoms with Gasteiger partial charge >= 0.3 is 0 Å². The normalized spacial score (nSPS) is 16.9. The van der Waals surface area contributed by atoms with Crippen molar-refractivity contribution in [3.05, 3.63) is 23.3 Å². The van der Waals surface area contributed by atoms with Gasteiger partial charge in [0, 0.05) is 17.7 Å². The third-order valence-electron chi connectivity index (χ3n) is 3.97. The molecule has 1 aromatic rings. The van der Waals surface area contributed by atoms with Crippen LogP contribution in [0.3, 0.4) is 0 Å². The molecule has 110 valence electrons. The van der Waals surface area contributed by atoms with Gasteiger partial charge in [-0.25, -0.2) is 0 Å². The number of halogens is 1. The molecule has 0 unspecified atom stereocenters. The van der Waals surface area contributed by atoms with Crippen molar-refractivity contribution >= 4 is 12.4 Å². The number of nitrogens with zero attached hydrogens (tertiary/aromatic N) is 1. The van der Waals surface area contributed by atoms with Crippen LogP contribution in [0.4, 0.5) is 0 Å². The van der Waals surface area contributed by atoms with Crippen LogP contribution in [0.25, 0.3) is 0 Å². The predicted molar refractivity (Wildman–Crippen MR) is 80.1 cm³/mol. The number of nitrogens with two attached hydrogens (primary N) is 1. The van der Waals surface area contributed by atoms with E-state index in [4.69, 9.17) is 15.7 Å². The second kappa shape index (κ2) is 7.37. The van der Waals surface area contributed by atoms with Crippen LogP contribution >= 0.6 is 12.4 Å². The van der Waals surface area contributed by atoms with Crippen LogP contribution in [0.2, 0.25) is 0 Å². The van der Waals surface area contributed by atoms with Gasteiger partial charge in [-0.1, -0.05) is 19.3 Å². The SMILES string of the molecule is COc1cc(C#N)cc([C@@H](N)C2CCCCC2)c1O.Cl. The Bertz CT molecular complexity index is 493. The van der Waals surface area contributed by atoms with Gasteiger partial charge < -0.3 is 15.6 Å². The Labute approximate surface area is 126 Å². The number of phenolic OH excluding ortho intramolecular Hbond substituents is 1. The van der Waals surface area contributed by atoms with E-state index in [1.165, 1.54) is 32.4 Å². The summed E-state index contributed by atoms with van der Waals surface area (Å²) in [5, 5.41) is 19.2. The summed E-state index contributed by atoms with van der Waals surface area (Å²) in [6.07, 6.45) is 5.80. The van der Waals surface area contributed by atoms with E-state index in [9.17, 15) is 5.11 Å². The minimum absolute atomic E-state index is 0. The molecule has 0 spiro atoms. The number of hydrogen-bond donors (Lipinski definition) is 2. The minimum atomic E-state index is -0.234. The molecule has 1 aliphatic carbocycles. The fourth-order valence-electron chi connectivity index (χ4n) is 2.85. The number of benzene rings is 1. The predicted octanol–water partition coefficient (Wildman–Crippen LogP) is 3.27. The van der Waals surface area contributed by atoms with E-state index in [2.05, 4.69) is 6.07 Å². The highest BCUT2D eigenvalue weighted by molar-refractivity contribution is 5.85. The van der Waals surface area contributed by atoms with E-state index in [1.54, 1.807) is 6.07 Å². The molecule has 0 aromatic heterocycles. The zero-order valence-corrected chi connectivity index (χ0v) is 12.4. The maximum Gasteiger partial charge on any atom is 0.162 e. The summed E-state index contributed by atoms with van der Waals surface area (Å²) in [6.45, 7) is 0. The van der Waals surface area contributed by atoms with Crippen molar-refractivity contribution < 1.29 is 9.84 Å². The number of ether oxygens (including phenoxy) is 1. The lowest BCUT2D eigenvalue weighted by Gasteiger charge is -2.28. The van der Waals surface area contributed by atoms with Gasteiger partial charge in [-0.3, -0.25) is 0 Å². The van der Waals surface area contributed by atoms with Gasteiger partial charge in [0.25, 0.3) is 0 Å². The molecule has 0 saturated heterocycles. The summed E-state index contributed by atoms with van der Waals surface area (Å²) < 4.78 is 5.11. The highest BCUT2D eigenvalue weighted by atomic mass is 35.5. The molecule has 1 saturated carbocycles. The van der Waals surface area contributed by atoms with Gasteiger partial charge in [-0.15, -0.1) is 12.4 Å². The highest BCUT2D eigenvalue weighted by Gasteiger charge is 2.25. The Kier molecular flexibility index (Phi) is 6.12. The molecule has 0 heterocycles. The molecule has 1 aromatic carbocycles. The van der Waals surface area contributed by atoms with Gasteiger partial charge in [0.1, 0.15) is 0 Å². The lowest BCUT2D eigenvalue weighted by atomic mass is 9.81. The Morgan fingerprint density at radius 2 is 2.00 bits per heavy atom. The number of methoxy groups -OCH3 is 1. The number of aromatic hydroxyl groups is 1. The summed E-state index contributed by atoms with van der Waals surface area (Å²) in [5.41, 5.74) is 7.39. The molecule has 20 heavy (non-hydrogen) atoms. The molecule has 0 amide bonds. The van der Waals surface area contributed by atoms with Crippen LogP contribution in [-0.2, 0) is 0 Å². The molecule has 0 radical (unpaired) electrons. The fourth-order valence-corrected chi connectivity index (χ4v) is 2.85. The van der Waals surface area contributed by atoms with E-state index >= 15 is 0 Å².